The van der Waals surface area contributed by atoms with Gasteiger partial charge in [0, 0.05) is 39.5 Å². The van der Waals surface area contributed by atoms with E-state index in [4.69, 9.17) is 0 Å². The number of likely N-dealkylation sites (N-methyl/N-ethyl adjacent to an activating group) is 1. The minimum atomic E-state index is -1.14. The van der Waals surface area contributed by atoms with E-state index in [0.717, 1.165) is 50.5 Å². The number of rotatable bonds is 16. The maximum Gasteiger partial charge on any atom is 0.241 e. The van der Waals surface area contributed by atoms with Gasteiger partial charge in [-0.3, -0.25) is 19.4 Å². The number of nitrogens with one attached hydrogen (secondary N) is 1. The predicted octanol–water partition coefficient (Wildman–Crippen LogP) is 3.47. The average molecular weight is 631 g/mol. The van der Waals surface area contributed by atoms with Gasteiger partial charge in [0.15, 0.2) is 0 Å². The number of carbonyl (C=O) groups excluding carboxylic acids is 3. The molecule has 2 aliphatic carbocycles. The van der Waals surface area contributed by atoms with Crippen LogP contribution >= 0.6 is 0 Å². The fraction of sp³-hybridized carbons (Fsp3) is 0.771. The Balaban J connectivity index is 1.85. The van der Waals surface area contributed by atoms with E-state index in [-0.39, 0.29) is 49.6 Å². The molecule has 45 heavy (non-hydrogen) atoms. The second kappa shape index (κ2) is 18.0. The van der Waals surface area contributed by atoms with Crippen LogP contribution < -0.4 is 5.32 Å². The number of nitrogens with zero attached hydrogens (tertiary/aromatic N) is 3. The zero-order valence-corrected chi connectivity index (χ0v) is 28.0. The third kappa shape index (κ3) is 12.3. The van der Waals surface area contributed by atoms with Gasteiger partial charge >= 0.3 is 0 Å². The lowest BCUT2D eigenvalue weighted by molar-refractivity contribution is -0.145. The molecule has 2 saturated carbocycles. The summed E-state index contributed by atoms with van der Waals surface area (Å²) in [5.41, 5.74) is -0.278. The number of amides is 3. The lowest BCUT2D eigenvalue weighted by Gasteiger charge is -2.37. The smallest absolute Gasteiger partial charge is 0.241 e. The molecule has 3 amide bonds. The third-order valence-corrected chi connectivity index (χ3v) is 9.60. The molecule has 1 heterocycles. The molecule has 1 aromatic heterocycles. The number of hydrogen-bond donors (Lipinski definition) is 4. The maximum atomic E-state index is 14.1. The van der Waals surface area contributed by atoms with Crippen LogP contribution in [0.15, 0.2) is 24.5 Å². The minimum absolute atomic E-state index is 0.0387. The van der Waals surface area contributed by atoms with Crippen LogP contribution in [0.2, 0.25) is 0 Å². The van der Waals surface area contributed by atoms with Gasteiger partial charge in [-0.2, -0.15) is 0 Å². The molecule has 0 saturated heterocycles. The fourth-order valence-corrected chi connectivity index (χ4v) is 6.92. The summed E-state index contributed by atoms with van der Waals surface area (Å²) < 4.78 is 0. The van der Waals surface area contributed by atoms with Crippen molar-refractivity contribution in [2.75, 3.05) is 27.2 Å². The van der Waals surface area contributed by atoms with Gasteiger partial charge in [0.25, 0.3) is 0 Å². The zero-order chi connectivity index (χ0) is 33.0. The molecule has 4 atom stereocenters. The monoisotopic (exact) mass is 630 g/mol. The molecular weight excluding hydrogens is 572 g/mol. The van der Waals surface area contributed by atoms with Gasteiger partial charge in [0.1, 0.15) is 6.10 Å². The molecule has 4 N–H and O–H groups in total. The molecule has 0 radical (unpaired) electrons. The molecule has 2 aliphatic rings. The molecule has 254 valence electrons. The van der Waals surface area contributed by atoms with Crippen molar-refractivity contribution < 1.29 is 29.7 Å². The van der Waals surface area contributed by atoms with Gasteiger partial charge in [0.05, 0.1) is 30.2 Å². The summed E-state index contributed by atoms with van der Waals surface area (Å²) in [4.78, 5) is 47.8. The number of aromatic nitrogens is 1. The summed E-state index contributed by atoms with van der Waals surface area (Å²) in [6.07, 6.45) is 11.6. The van der Waals surface area contributed by atoms with E-state index in [1.54, 1.807) is 32.6 Å². The van der Waals surface area contributed by atoms with Gasteiger partial charge in [-0.1, -0.05) is 71.3 Å². The van der Waals surface area contributed by atoms with Crippen LogP contribution in [-0.4, -0.2) is 98.9 Å². The quantitative estimate of drug-likeness (QED) is 0.219. The molecule has 3 rings (SSSR count). The fourth-order valence-electron chi connectivity index (χ4n) is 6.92. The number of aliphatic hydroxyl groups is 3. The highest BCUT2D eigenvalue weighted by Gasteiger charge is 2.37. The lowest BCUT2D eigenvalue weighted by Crippen LogP contribution is -2.53. The van der Waals surface area contributed by atoms with Crippen molar-refractivity contribution in [2.45, 2.75) is 128 Å². The highest BCUT2D eigenvalue weighted by molar-refractivity contribution is 5.89. The van der Waals surface area contributed by atoms with E-state index in [9.17, 15) is 29.7 Å². The van der Waals surface area contributed by atoms with Crippen LogP contribution in [0, 0.1) is 17.8 Å². The number of pyridine rings is 1. The predicted molar refractivity (Wildman–Crippen MR) is 174 cm³/mol. The first-order valence-corrected chi connectivity index (χ1v) is 17.1. The van der Waals surface area contributed by atoms with Gasteiger partial charge in [-0.25, -0.2) is 0 Å². The first-order valence-electron chi connectivity index (χ1n) is 17.1. The molecule has 0 bridgehead atoms. The molecule has 0 spiro atoms. The number of aliphatic hydroxyl groups excluding tert-OH is 2. The van der Waals surface area contributed by atoms with E-state index >= 15 is 0 Å². The van der Waals surface area contributed by atoms with Crippen LogP contribution in [0.4, 0.5) is 0 Å². The molecule has 10 heteroatoms. The largest absolute Gasteiger partial charge is 0.390 e. The number of carbonyl (C=O) groups is 3. The van der Waals surface area contributed by atoms with Gasteiger partial charge in [-0.15, -0.1) is 0 Å². The van der Waals surface area contributed by atoms with E-state index in [1.165, 1.54) is 16.2 Å². The zero-order valence-electron chi connectivity index (χ0n) is 28.0. The highest BCUT2D eigenvalue weighted by atomic mass is 16.3. The van der Waals surface area contributed by atoms with Crippen LogP contribution in [-0.2, 0) is 20.8 Å². The van der Waals surface area contributed by atoms with E-state index in [1.807, 2.05) is 19.9 Å². The summed E-state index contributed by atoms with van der Waals surface area (Å²) in [5.74, 6) is -1.30. The first kappa shape index (κ1) is 36.9. The van der Waals surface area contributed by atoms with Crippen LogP contribution in [0.1, 0.15) is 103 Å². The second-order valence-corrected chi connectivity index (χ2v) is 14.3. The normalized spacial score (nSPS) is 19.7. The molecule has 1 aromatic rings. The van der Waals surface area contributed by atoms with Gasteiger partial charge in [0.2, 0.25) is 17.7 Å². The highest BCUT2D eigenvalue weighted by Crippen LogP contribution is 2.31. The Bertz CT molecular complexity index is 1060. The molecule has 2 fully saturated rings. The molecule has 10 nitrogen and oxygen atoms in total. The Morgan fingerprint density at radius 3 is 2.29 bits per heavy atom. The average Bonchev–Trinajstić information content (AvgIpc) is 3.00. The Hall–Kier alpha value is -2.56. The van der Waals surface area contributed by atoms with Crippen molar-refractivity contribution in [1.29, 1.82) is 0 Å². The van der Waals surface area contributed by atoms with Crippen LogP contribution in [0.5, 0.6) is 0 Å². The topological polar surface area (TPSA) is 143 Å². The van der Waals surface area contributed by atoms with Crippen LogP contribution in [0.3, 0.4) is 0 Å². The minimum Gasteiger partial charge on any atom is -0.390 e. The number of hydrogen-bond acceptors (Lipinski definition) is 7. The summed E-state index contributed by atoms with van der Waals surface area (Å²) in [5, 5.41) is 36.5. The first-order chi connectivity index (χ1) is 21.4. The maximum absolute atomic E-state index is 14.1. The molecular formula is C35H58N4O6. The summed E-state index contributed by atoms with van der Waals surface area (Å²) >= 11 is 0. The summed E-state index contributed by atoms with van der Waals surface area (Å²) in [6.45, 7) is 3.82. The molecule has 0 aromatic carbocycles. The third-order valence-electron chi connectivity index (χ3n) is 9.60. The Labute approximate surface area is 270 Å². The SMILES string of the molecule is CC(C)C[C@H](O)[C@H](O)[C@H](CC1CCCCC1)NC(=O)[C@@H](CC(=O)N(CC(=O)N(C)C)CC1(O)CCCCC1)Cc1cccnc1. The second-order valence-electron chi connectivity index (χ2n) is 14.3. The Kier molecular flexibility index (Phi) is 14.7. The van der Waals surface area contributed by atoms with Crippen LogP contribution in [0.25, 0.3) is 0 Å². The van der Waals surface area contributed by atoms with Crippen molar-refractivity contribution in [3.63, 3.8) is 0 Å². The molecule has 0 aliphatic heterocycles. The van der Waals surface area contributed by atoms with Gasteiger partial charge < -0.3 is 30.4 Å². The van der Waals surface area contributed by atoms with Crippen molar-refractivity contribution in [2.24, 2.45) is 17.8 Å². The van der Waals surface area contributed by atoms with E-state index in [2.05, 4.69) is 10.3 Å². The molecule has 0 unspecified atom stereocenters. The van der Waals surface area contributed by atoms with E-state index in [0.29, 0.717) is 31.6 Å². The van der Waals surface area contributed by atoms with Crippen molar-refractivity contribution in [3.05, 3.63) is 30.1 Å². The standard InChI is InChI=1S/C35H58N4O6/c1-25(2)18-30(40)33(43)29(20-26-12-7-5-8-13-26)37-34(44)28(19-27-14-11-17-36-22-27)21-31(41)39(23-32(42)38(3)4)24-35(45)15-9-6-10-16-35/h11,14,17,22,25-26,28-30,33,40,43,45H,5-10,12-13,15-16,18-21,23-24H2,1-4H3,(H,37,44)/t28-,29+,30+,33-/m1/s1. The van der Waals surface area contributed by atoms with Crippen molar-refractivity contribution in [3.8, 4) is 0 Å². The van der Waals surface area contributed by atoms with Crippen molar-refractivity contribution in [1.82, 2.24) is 20.1 Å². The lowest BCUT2D eigenvalue weighted by atomic mass is 9.82. The Morgan fingerprint density at radius 2 is 1.69 bits per heavy atom. The summed E-state index contributed by atoms with van der Waals surface area (Å²) in [6, 6.07) is 2.98. The van der Waals surface area contributed by atoms with Crippen molar-refractivity contribution >= 4 is 17.7 Å². The Morgan fingerprint density at radius 1 is 1.02 bits per heavy atom. The van der Waals surface area contributed by atoms with E-state index < -0.39 is 29.8 Å². The van der Waals surface area contributed by atoms with Gasteiger partial charge in [-0.05, 0) is 55.6 Å². The summed E-state index contributed by atoms with van der Waals surface area (Å²) in [7, 11) is 3.26.